The Morgan fingerprint density at radius 3 is 2.75 bits per heavy atom. The lowest BCUT2D eigenvalue weighted by atomic mass is 10.1. The fraction of sp³-hybridized carbons (Fsp3) is 0.182. The number of carbonyl (C=O) groups excluding carboxylic acids is 1. The van der Waals surface area contributed by atoms with Crippen LogP contribution in [0.2, 0.25) is 0 Å². The summed E-state index contributed by atoms with van der Waals surface area (Å²) in [6.07, 6.45) is 4.71. The Bertz CT molecular complexity index is 1290. The van der Waals surface area contributed by atoms with Crippen LogP contribution in [0.25, 0.3) is 22.2 Å². The molecule has 1 aliphatic rings. The molecular formula is C22H18F2N6O2. The predicted molar refractivity (Wildman–Crippen MR) is 113 cm³/mol. The largest absolute Gasteiger partial charge is 0.430 e. The number of carbonyl (C=O) groups is 1. The number of aromatic nitrogens is 4. The molecule has 0 spiro atoms. The number of pyridine rings is 2. The Morgan fingerprint density at radius 2 is 1.94 bits per heavy atom. The fourth-order valence-corrected chi connectivity index (χ4v) is 3.69. The van der Waals surface area contributed by atoms with Crippen LogP contribution in [0.3, 0.4) is 0 Å². The van der Waals surface area contributed by atoms with E-state index in [1.54, 1.807) is 48.8 Å². The Hall–Kier alpha value is -3.92. The van der Waals surface area contributed by atoms with Crippen molar-refractivity contribution in [1.29, 1.82) is 0 Å². The highest BCUT2D eigenvalue weighted by Crippen LogP contribution is 2.35. The summed E-state index contributed by atoms with van der Waals surface area (Å²) < 4.78 is 33.4. The number of imidazole rings is 1. The van der Waals surface area contributed by atoms with Gasteiger partial charge in [0.25, 0.3) is 5.91 Å². The lowest BCUT2D eigenvalue weighted by Crippen LogP contribution is -2.28. The summed E-state index contributed by atoms with van der Waals surface area (Å²) in [6.45, 7) is -0.935. The van der Waals surface area contributed by atoms with Gasteiger partial charge < -0.3 is 19.9 Å². The summed E-state index contributed by atoms with van der Waals surface area (Å²) in [4.78, 5) is 25.6. The topological polar surface area (TPSA) is 94.0 Å². The molecule has 0 radical (unpaired) electrons. The number of alkyl halides is 2. The number of hydrogen-bond donors (Lipinski definition) is 2. The number of fused-ring (bicyclic) bond motifs is 2. The van der Waals surface area contributed by atoms with Crippen molar-refractivity contribution < 1.29 is 18.3 Å². The molecule has 4 aromatic rings. The molecule has 0 atom stereocenters. The zero-order valence-corrected chi connectivity index (χ0v) is 16.8. The van der Waals surface area contributed by atoms with Gasteiger partial charge in [0.2, 0.25) is 0 Å². The molecule has 0 aliphatic carbocycles. The molecule has 5 rings (SSSR count). The van der Waals surface area contributed by atoms with Crippen LogP contribution in [0.1, 0.15) is 16.2 Å². The minimum Gasteiger partial charge on any atom is -0.430 e. The maximum Gasteiger partial charge on any atom is 0.387 e. The molecule has 4 heterocycles. The van der Waals surface area contributed by atoms with Gasteiger partial charge in [0.05, 0.1) is 24.1 Å². The number of benzene rings is 1. The molecule has 1 amide bonds. The van der Waals surface area contributed by atoms with Crippen molar-refractivity contribution in [1.82, 2.24) is 24.8 Å². The van der Waals surface area contributed by atoms with Gasteiger partial charge in [-0.25, -0.2) is 9.97 Å². The molecular weight excluding hydrogens is 418 g/mol. The third kappa shape index (κ3) is 3.76. The van der Waals surface area contributed by atoms with Crippen LogP contribution in [0.5, 0.6) is 5.75 Å². The summed E-state index contributed by atoms with van der Waals surface area (Å²) in [5, 5.41) is 6.68. The van der Waals surface area contributed by atoms with E-state index in [1.165, 1.54) is 6.20 Å². The van der Waals surface area contributed by atoms with E-state index in [-0.39, 0.29) is 11.6 Å². The van der Waals surface area contributed by atoms with Crippen molar-refractivity contribution in [3.63, 3.8) is 0 Å². The minimum atomic E-state index is -3.10. The van der Waals surface area contributed by atoms with Crippen molar-refractivity contribution in [2.24, 2.45) is 0 Å². The van der Waals surface area contributed by atoms with Crippen molar-refractivity contribution in [2.75, 3.05) is 11.9 Å². The normalized spacial score (nSPS) is 13.2. The Morgan fingerprint density at radius 1 is 1.12 bits per heavy atom. The van der Waals surface area contributed by atoms with E-state index in [4.69, 9.17) is 4.74 Å². The van der Waals surface area contributed by atoms with E-state index in [1.807, 2.05) is 4.57 Å². The second-order valence-electron chi connectivity index (χ2n) is 7.18. The SMILES string of the molecule is O=C(Nc1ncc2cnc(-c3cnc4n3CCNC4)cc2c1OC(F)F)c1ccccc1. The Labute approximate surface area is 181 Å². The molecule has 1 aromatic carbocycles. The van der Waals surface area contributed by atoms with E-state index >= 15 is 0 Å². The van der Waals surface area contributed by atoms with Gasteiger partial charge in [-0.2, -0.15) is 8.78 Å². The van der Waals surface area contributed by atoms with E-state index in [2.05, 4.69) is 25.6 Å². The molecule has 0 bridgehead atoms. The second-order valence-corrected chi connectivity index (χ2v) is 7.18. The number of anilines is 1. The van der Waals surface area contributed by atoms with Crippen LogP contribution in [0, 0.1) is 0 Å². The van der Waals surface area contributed by atoms with Crippen LogP contribution in [-0.4, -0.2) is 38.6 Å². The molecule has 3 aromatic heterocycles. The molecule has 0 saturated carbocycles. The first-order chi connectivity index (χ1) is 15.6. The number of halogens is 2. The third-order valence-electron chi connectivity index (χ3n) is 5.20. The Balaban J connectivity index is 1.59. The number of ether oxygens (including phenoxy) is 1. The third-order valence-corrected chi connectivity index (χ3v) is 5.20. The van der Waals surface area contributed by atoms with Crippen LogP contribution >= 0.6 is 0 Å². The molecule has 2 N–H and O–H groups in total. The summed E-state index contributed by atoms with van der Waals surface area (Å²) in [5.74, 6) is 0.0831. The number of hydrogen-bond acceptors (Lipinski definition) is 6. The van der Waals surface area contributed by atoms with Gasteiger partial charge in [-0.05, 0) is 18.2 Å². The highest BCUT2D eigenvalue weighted by Gasteiger charge is 2.21. The smallest absolute Gasteiger partial charge is 0.387 e. The first-order valence-corrected chi connectivity index (χ1v) is 9.95. The summed E-state index contributed by atoms with van der Waals surface area (Å²) in [6, 6.07) is 10.1. The van der Waals surface area contributed by atoms with Gasteiger partial charge in [0.1, 0.15) is 5.82 Å². The molecule has 1 aliphatic heterocycles. The zero-order valence-electron chi connectivity index (χ0n) is 16.8. The molecule has 0 fully saturated rings. The van der Waals surface area contributed by atoms with Gasteiger partial charge in [0, 0.05) is 41.8 Å². The first-order valence-electron chi connectivity index (χ1n) is 9.95. The van der Waals surface area contributed by atoms with E-state index < -0.39 is 12.5 Å². The highest BCUT2D eigenvalue weighted by molar-refractivity contribution is 6.06. The predicted octanol–water partition coefficient (Wildman–Crippen LogP) is 3.45. The number of amides is 1. The second kappa shape index (κ2) is 8.31. The van der Waals surface area contributed by atoms with Gasteiger partial charge >= 0.3 is 6.61 Å². The molecule has 0 unspecified atom stereocenters. The minimum absolute atomic E-state index is 0.0942. The molecule has 8 nitrogen and oxygen atoms in total. The van der Waals surface area contributed by atoms with Crippen molar-refractivity contribution in [2.45, 2.75) is 19.7 Å². The van der Waals surface area contributed by atoms with Gasteiger partial charge in [-0.3, -0.25) is 9.78 Å². The van der Waals surface area contributed by atoms with E-state index in [0.717, 1.165) is 24.6 Å². The monoisotopic (exact) mass is 436 g/mol. The van der Waals surface area contributed by atoms with Crippen LogP contribution in [-0.2, 0) is 13.1 Å². The summed E-state index contributed by atoms with van der Waals surface area (Å²) in [5.41, 5.74) is 1.70. The first kappa shape index (κ1) is 20.0. The van der Waals surface area contributed by atoms with E-state index in [9.17, 15) is 13.6 Å². The quantitative estimate of drug-likeness (QED) is 0.498. The maximum absolute atomic E-state index is 13.3. The van der Waals surface area contributed by atoms with Crippen LogP contribution < -0.4 is 15.4 Å². The average molecular weight is 436 g/mol. The summed E-state index contributed by atoms with van der Waals surface area (Å²) >= 11 is 0. The number of rotatable bonds is 5. The number of nitrogens with one attached hydrogen (secondary N) is 2. The molecule has 10 heteroatoms. The van der Waals surface area contributed by atoms with Crippen LogP contribution in [0.15, 0.2) is 55.0 Å². The lowest BCUT2D eigenvalue weighted by Gasteiger charge is -2.18. The molecule has 0 saturated heterocycles. The zero-order chi connectivity index (χ0) is 22.1. The summed E-state index contributed by atoms with van der Waals surface area (Å²) in [7, 11) is 0. The standard InChI is InChI=1S/C22H18F2N6O2/c23-22(24)32-19-15-8-16(17-11-27-18-12-25-6-7-30(17)18)26-9-14(15)10-28-20(19)29-21(31)13-4-2-1-3-5-13/h1-5,8-11,22,25H,6-7,12H2,(H,28,29,31). The van der Waals surface area contributed by atoms with Gasteiger partial charge in [-0.1, -0.05) is 18.2 Å². The molecule has 162 valence electrons. The fourth-order valence-electron chi connectivity index (χ4n) is 3.69. The average Bonchev–Trinajstić information content (AvgIpc) is 3.25. The maximum atomic E-state index is 13.3. The lowest BCUT2D eigenvalue weighted by molar-refractivity contribution is -0.0485. The van der Waals surface area contributed by atoms with Gasteiger partial charge in [-0.15, -0.1) is 0 Å². The number of nitrogens with zero attached hydrogens (tertiary/aromatic N) is 4. The Kier molecular flexibility index (Phi) is 5.20. The van der Waals surface area contributed by atoms with Crippen molar-refractivity contribution in [3.8, 4) is 17.1 Å². The van der Waals surface area contributed by atoms with Crippen molar-refractivity contribution >= 4 is 22.5 Å². The van der Waals surface area contributed by atoms with Crippen LogP contribution in [0.4, 0.5) is 14.6 Å². The highest BCUT2D eigenvalue weighted by atomic mass is 19.3. The van der Waals surface area contributed by atoms with Crippen molar-refractivity contribution in [3.05, 3.63) is 66.4 Å². The van der Waals surface area contributed by atoms with Gasteiger partial charge in [0.15, 0.2) is 11.6 Å². The van der Waals surface area contributed by atoms with E-state index in [0.29, 0.717) is 28.6 Å². The molecule has 32 heavy (non-hydrogen) atoms.